The van der Waals surface area contributed by atoms with Crippen molar-refractivity contribution in [2.75, 3.05) is 0 Å². The maximum Gasteiger partial charge on any atom is 0.0652 e. The maximum atomic E-state index is 10.0. The summed E-state index contributed by atoms with van der Waals surface area (Å²) in [7, 11) is 0. The van der Waals surface area contributed by atoms with E-state index in [9.17, 15) is 13.7 Å². The van der Waals surface area contributed by atoms with Crippen LogP contribution in [0.25, 0.3) is 93.6 Å². The molecule has 0 aliphatic carbocycles. The molecule has 0 saturated carbocycles. The molecule has 0 amide bonds. The molecular formula is C48H31N3. The number of aromatic nitrogens is 3. The molecule has 238 valence electrons. The first-order valence-electron chi connectivity index (χ1n) is 26.7. The fourth-order valence-electron chi connectivity index (χ4n) is 6.90. The van der Waals surface area contributed by atoms with E-state index < -0.39 is 188 Å². The average Bonchev–Trinajstić information content (AvgIpc) is 4.05. The lowest BCUT2D eigenvalue weighted by Crippen LogP contribution is -1.97. The molecule has 11 rings (SSSR count). The molecule has 0 radical (unpaired) electrons. The van der Waals surface area contributed by atoms with E-state index >= 15 is 0 Å². The average molecular weight is 672 g/mol. The minimum absolute atomic E-state index is 0.202. The van der Waals surface area contributed by atoms with Gasteiger partial charge in [-0.25, -0.2) is 0 Å². The van der Waals surface area contributed by atoms with Gasteiger partial charge in [0.25, 0.3) is 0 Å². The number of hydrogen-bond acceptors (Lipinski definition) is 0. The summed E-state index contributed by atoms with van der Waals surface area (Å²) in [6, 6.07) is -0.902. The zero-order valence-electron chi connectivity index (χ0n) is 48.0. The van der Waals surface area contributed by atoms with Crippen LogP contribution in [0.15, 0.2) is 188 Å². The van der Waals surface area contributed by atoms with E-state index in [-0.39, 0.29) is 27.5 Å². The minimum Gasteiger partial charge on any atom is -0.309 e. The summed E-state index contributed by atoms with van der Waals surface area (Å²) in [4.78, 5) is 0. The Balaban J connectivity index is 1.39. The third-order valence-corrected chi connectivity index (χ3v) is 9.06. The summed E-state index contributed by atoms with van der Waals surface area (Å²) in [6.45, 7) is 0. The molecule has 3 heteroatoms. The van der Waals surface area contributed by atoms with E-state index in [1.165, 1.54) is 4.57 Å². The van der Waals surface area contributed by atoms with E-state index in [4.69, 9.17) is 16.4 Å². The second-order valence-corrected chi connectivity index (χ2v) is 11.7. The predicted molar refractivity (Wildman–Crippen MR) is 215 cm³/mol. The van der Waals surface area contributed by atoms with Gasteiger partial charge in [-0.15, -0.1) is 0 Å². The zero-order valence-corrected chi connectivity index (χ0v) is 26.0. The van der Waals surface area contributed by atoms with Gasteiger partial charge in [-0.3, -0.25) is 0 Å². The van der Waals surface area contributed by atoms with Crippen LogP contribution in [0.1, 0.15) is 30.2 Å². The SMILES string of the molecule is [2H]c1c([2H])c([2H])c2c(c1[2H])c1c(-n3c4c([2H])c([2H])c([2H])c([2H])c4c4c([2H])c(-n5c6c([2H])c([2H])c([2H])c([2H])c6c6c([2H])c([2H])c([2H])c([2H])c65)c([2H])c([2H])c43)c([2H])c([2H])c([2H])c1n2-c1ccc(-c2ccccc2)cc1. The van der Waals surface area contributed by atoms with Crippen LogP contribution in [0.3, 0.4) is 0 Å². The van der Waals surface area contributed by atoms with Gasteiger partial charge in [0.05, 0.1) is 68.9 Å². The van der Waals surface area contributed by atoms with Crippen molar-refractivity contribution in [2.45, 2.75) is 0 Å². The molecule has 0 bridgehead atoms. The van der Waals surface area contributed by atoms with Crippen molar-refractivity contribution < 1.29 is 30.2 Å². The van der Waals surface area contributed by atoms with E-state index in [1.54, 1.807) is 24.3 Å². The Morgan fingerprint density at radius 2 is 0.824 bits per heavy atom. The highest BCUT2D eigenvalue weighted by Gasteiger charge is 2.20. The Morgan fingerprint density at radius 1 is 0.333 bits per heavy atom. The predicted octanol–water partition coefficient (Wildman–Crippen LogP) is 12.6. The van der Waals surface area contributed by atoms with Gasteiger partial charge >= 0.3 is 0 Å². The van der Waals surface area contributed by atoms with Gasteiger partial charge in [-0.05, 0) is 77.6 Å². The summed E-state index contributed by atoms with van der Waals surface area (Å²) in [5.41, 5.74) is -1.88. The molecule has 51 heavy (non-hydrogen) atoms. The van der Waals surface area contributed by atoms with Gasteiger partial charge in [0.15, 0.2) is 0 Å². The summed E-state index contributed by atoms with van der Waals surface area (Å²) >= 11 is 0. The fraction of sp³-hybridized carbons (Fsp3) is 0. The standard InChI is InChI=1S/C48H31N3/c1-2-13-32(14-3-1)33-25-27-34(28-26-33)49-44-22-11-7-18-39(44)48-46(49)23-12-24-47(48)51-43-21-10-6-17-38(43)40-31-35(29-30-45(40)51)50-41-19-8-4-15-36(41)37-16-5-9-20-42(37)50/h1-31H/i4D,5D,6D,7D,8D,9D,10D,11D,12D,15D,16D,17D,18D,19D,20D,21D,22D,23D,24D,29D,30D,31D. The Hall–Kier alpha value is -6.84. The molecule has 3 heterocycles. The van der Waals surface area contributed by atoms with Crippen molar-refractivity contribution in [3.05, 3.63) is 188 Å². The molecule has 8 aromatic carbocycles. The van der Waals surface area contributed by atoms with E-state index in [1.807, 2.05) is 30.3 Å². The van der Waals surface area contributed by atoms with Crippen LogP contribution in [-0.2, 0) is 0 Å². The van der Waals surface area contributed by atoms with Crippen LogP contribution in [0, 0.1) is 0 Å². The second-order valence-electron chi connectivity index (χ2n) is 11.7. The molecule has 11 aromatic rings. The summed E-state index contributed by atoms with van der Waals surface area (Å²) in [6.07, 6.45) is 0. The van der Waals surface area contributed by atoms with Crippen LogP contribution in [0.5, 0.6) is 0 Å². The van der Waals surface area contributed by atoms with Crippen molar-refractivity contribution in [1.29, 1.82) is 0 Å². The number of benzene rings is 8. The summed E-state index contributed by atoms with van der Waals surface area (Å²) < 4.78 is 204. The molecule has 0 aliphatic rings. The largest absolute Gasteiger partial charge is 0.309 e. The zero-order chi connectivity index (χ0) is 52.6. The number of nitrogens with zero attached hydrogens (tertiary/aromatic N) is 3. The molecule has 0 unspecified atom stereocenters. The first-order chi connectivity index (χ1) is 34.5. The number of fused-ring (bicyclic) bond motifs is 9. The molecular weight excluding hydrogens is 619 g/mol. The monoisotopic (exact) mass is 671 g/mol. The van der Waals surface area contributed by atoms with Crippen molar-refractivity contribution in [3.63, 3.8) is 0 Å². The third kappa shape index (κ3) is 4.06. The van der Waals surface area contributed by atoms with Crippen LogP contribution >= 0.6 is 0 Å². The molecule has 3 aromatic heterocycles. The maximum absolute atomic E-state index is 10.0. The van der Waals surface area contributed by atoms with Crippen LogP contribution < -0.4 is 0 Å². The van der Waals surface area contributed by atoms with Gasteiger partial charge < -0.3 is 13.7 Å². The Labute approximate surface area is 325 Å². The lowest BCUT2D eigenvalue weighted by molar-refractivity contribution is 1.16. The lowest BCUT2D eigenvalue weighted by atomic mass is 10.1. The molecule has 0 atom stereocenters. The van der Waals surface area contributed by atoms with E-state index in [0.717, 1.165) is 20.3 Å². The topological polar surface area (TPSA) is 14.8 Å². The van der Waals surface area contributed by atoms with Gasteiger partial charge in [0, 0.05) is 43.7 Å². The normalized spacial score (nSPS) is 18.0. The lowest BCUT2D eigenvalue weighted by Gasteiger charge is -2.12. The van der Waals surface area contributed by atoms with E-state index in [2.05, 4.69) is 0 Å². The Kier molecular flexibility index (Phi) is 3.01. The molecule has 0 aliphatic heterocycles. The smallest absolute Gasteiger partial charge is 0.0652 e. The fourth-order valence-corrected chi connectivity index (χ4v) is 6.90. The quantitative estimate of drug-likeness (QED) is 0.177. The third-order valence-electron chi connectivity index (χ3n) is 9.06. The first-order valence-corrected chi connectivity index (χ1v) is 15.7. The Bertz CT molecular complexity index is 4310. The van der Waals surface area contributed by atoms with Crippen molar-refractivity contribution in [1.82, 2.24) is 13.7 Å². The highest BCUT2D eigenvalue weighted by molar-refractivity contribution is 6.17. The summed E-state index contributed by atoms with van der Waals surface area (Å²) in [5.74, 6) is 0. The van der Waals surface area contributed by atoms with Crippen LogP contribution in [0.2, 0.25) is 0 Å². The number of rotatable bonds is 4. The van der Waals surface area contributed by atoms with Crippen molar-refractivity contribution in [2.24, 2.45) is 0 Å². The van der Waals surface area contributed by atoms with Gasteiger partial charge in [0.2, 0.25) is 0 Å². The first kappa shape index (κ1) is 14.2. The number of hydrogen-bond donors (Lipinski definition) is 0. The second kappa shape index (κ2) is 10.8. The van der Waals surface area contributed by atoms with Crippen molar-refractivity contribution >= 4 is 65.4 Å². The molecule has 3 nitrogen and oxygen atoms in total. The summed E-state index contributed by atoms with van der Waals surface area (Å²) in [5, 5.41) is -2.37. The molecule has 0 spiro atoms. The van der Waals surface area contributed by atoms with Gasteiger partial charge in [-0.1, -0.05) is 121 Å². The molecule has 0 saturated heterocycles. The van der Waals surface area contributed by atoms with Crippen LogP contribution in [-0.4, -0.2) is 13.7 Å². The van der Waals surface area contributed by atoms with Crippen LogP contribution in [0.4, 0.5) is 0 Å². The van der Waals surface area contributed by atoms with E-state index in [0.29, 0.717) is 0 Å². The van der Waals surface area contributed by atoms with Gasteiger partial charge in [-0.2, -0.15) is 0 Å². The minimum atomic E-state index is -0.927. The highest BCUT2D eigenvalue weighted by atomic mass is 15.0. The molecule has 0 N–H and O–H groups in total. The highest BCUT2D eigenvalue weighted by Crippen LogP contribution is 2.41. The molecule has 0 fully saturated rings. The van der Waals surface area contributed by atoms with Crippen molar-refractivity contribution in [3.8, 4) is 28.2 Å². The van der Waals surface area contributed by atoms with Gasteiger partial charge in [0.1, 0.15) is 0 Å². The Morgan fingerprint density at radius 3 is 1.49 bits per heavy atom. The number of para-hydroxylation sites is 4.